The Morgan fingerprint density at radius 1 is 1.09 bits per heavy atom. The minimum absolute atomic E-state index is 0.00812. The van der Waals surface area contributed by atoms with Crippen molar-refractivity contribution in [3.05, 3.63) is 70.8 Å². The molecule has 2 aromatic rings. The molecule has 1 saturated carbocycles. The smallest absolute Gasteiger partial charge is 0.444 e. The molecular weight excluding hydrogens is 459 g/mol. The molecular formula is C27H30F3NO4. The zero-order valence-corrected chi connectivity index (χ0v) is 20.0. The van der Waals surface area contributed by atoms with Crippen LogP contribution in [0.4, 0.5) is 18.0 Å². The molecule has 2 aromatic carbocycles. The number of alkyl carbamates (subject to hydrolysis) is 1. The zero-order valence-electron chi connectivity index (χ0n) is 20.0. The van der Waals surface area contributed by atoms with Crippen LogP contribution in [0.3, 0.4) is 0 Å². The van der Waals surface area contributed by atoms with Crippen molar-refractivity contribution < 1.29 is 32.5 Å². The predicted molar refractivity (Wildman–Crippen MR) is 126 cm³/mol. The van der Waals surface area contributed by atoms with E-state index in [-0.39, 0.29) is 30.2 Å². The van der Waals surface area contributed by atoms with Crippen molar-refractivity contribution in [3.63, 3.8) is 0 Å². The van der Waals surface area contributed by atoms with Gasteiger partial charge in [0.05, 0.1) is 6.61 Å². The normalized spacial score (nSPS) is 21.9. The summed E-state index contributed by atoms with van der Waals surface area (Å²) in [5.41, 5.74) is 4.31. The third-order valence-electron chi connectivity index (χ3n) is 6.36. The van der Waals surface area contributed by atoms with Gasteiger partial charge in [0.25, 0.3) is 0 Å². The van der Waals surface area contributed by atoms with E-state index in [1.54, 1.807) is 12.1 Å². The summed E-state index contributed by atoms with van der Waals surface area (Å²) >= 11 is 0. The van der Waals surface area contributed by atoms with E-state index in [2.05, 4.69) is 16.1 Å². The fourth-order valence-electron chi connectivity index (χ4n) is 4.97. The molecule has 0 heterocycles. The number of benzene rings is 2. The number of nitrogens with one attached hydrogen (secondary N) is 1. The highest BCUT2D eigenvalue weighted by molar-refractivity contribution is 5.78. The number of halogens is 3. The van der Waals surface area contributed by atoms with Crippen LogP contribution in [0.15, 0.2) is 48.5 Å². The number of carbonyl (C=O) groups is 1. The minimum atomic E-state index is -4.74. The van der Waals surface area contributed by atoms with E-state index < -0.39 is 18.1 Å². The van der Waals surface area contributed by atoms with Crippen molar-refractivity contribution in [2.45, 2.75) is 70.6 Å². The molecule has 0 spiro atoms. The maximum Gasteiger partial charge on any atom is 0.573 e. The Hall–Kier alpha value is -3.00. The van der Waals surface area contributed by atoms with Crippen LogP contribution in [0.25, 0.3) is 5.57 Å². The van der Waals surface area contributed by atoms with Crippen molar-refractivity contribution in [1.29, 1.82) is 0 Å². The van der Waals surface area contributed by atoms with Crippen molar-refractivity contribution >= 4 is 11.7 Å². The number of aliphatic hydroxyl groups excluding tert-OH is 1. The van der Waals surface area contributed by atoms with E-state index in [1.165, 1.54) is 17.7 Å². The quantitative estimate of drug-likeness (QED) is 0.517. The van der Waals surface area contributed by atoms with Crippen LogP contribution in [0.2, 0.25) is 0 Å². The summed E-state index contributed by atoms with van der Waals surface area (Å²) in [7, 11) is 0. The van der Waals surface area contributed by atoms with E-state index in [0.717, 1.165) is 41.5 Å². The largest absolute Gasteiger partial charge is 0.573 e. The Bertz CT molecular complexity index is 1100. The van der Waals surface area contributed by atoms with Crippen molar-refractivity contribution in [2.75, 3.05) is 0 Å². The van der Waals surface area contributed by atoms with Gasteiger partial charge in [0.15, 0.2) is 0 Å². The van der Waals surface area contributed by atoms with Crippen LogP contribution < -0.4 is 10.1 Å². The van der Waals surface area contributed by atoms with Crippen LogP contribution in [0.1, 0.15) is 68.2 Å². The first-order valence-corrected chi connectivity index (χ1v) is 11.7. The Labute approximate surface area is 202 Å². The van der Waals surface area contributed by atoms with Crippen molar-refractivity contribution in [2.24, 2.45) is 5.92 Å². The molecule has 3 unspecified atom stereocenters. The molecule has 0 aliphatic heterocycles. The lowest BCUT2D eigenvalue weighted by Gasteiger charge is -2.22. The number of allylic oxidation sites excluding steroid dienone is 2. The molecule has 188 valence electrons. The van der Waals surface area contributed by atoms with E-state index in [0.29, 0.717) is 0 Å². The van der Waals surface area contributed by atoms with E-state index in [1.807, 2.05) is 39.0 Å². The van der Waals surface area contributed by atoms with Gasteiger partial charge in [0, 0.05) is 12.0 Å². The molecule has 3 atom stereocenters. The SMILES string of the molecule is CC(C)(C)OC(=O)NC1CCC(C2=CC(c3ccc(OC(F)(F)F)cc3)c3cc(CO)ccc32)C1. The van der Waals surface area contributed by atoms with Crippen LogP contribution in [0, 0.1) is 5.92 Å². The van der Waals surface area contributed by atoms with E-state index in [9.17, 15) is 23.1 Å². The Kier molecular flexibility index (Phi) is 6.86. The molecule has 0 radical (unpaired) electrons. The second kappa shape index (κ2) is 9.57. The third-order valence-corrected chi connectivity index (χ3v) is 6.36. The lowest BCUT2D eigenvalue weighted by atomic mass is 9.90. The topological polar surface area (TPSA) is 67.8 Å². The van der Waals surface area contributed by atoms with Gasteiger partial charge < -0.3 is 19.9 Å². The summed E-state index contributed by atoms with van der Waals surface area (Å²) in [6, 6.07) is 11.8. The van der Waals surface area contributed by atoms with Gasteiger partial charge in [-0.15, -0.1) is 13.2 Å². The van der Waals surface area contributed by atoms with Gasteiger partial charge in [0.2, 0.25) is 0 Å². The second-order valence-corrected chi connectivity index (χ2v) is 10.1. The Balaban J connectivity index is 1.55. The number of ether oxygens (including phenoxy) is 2. The summed E-state index contributed by atoms with van der Waals surface area (Å²) < 4.78 is 47.0. The predicted octanol–water partition coefficient (Wildman–Crippen LogP) is 6.30. The fourth-order valence-corrected chi connectivity index (χ4v) is 4.97. The summed E-state index contributed by atoms with van der Waals surface area (Å²) in [5, 5.41) is 12.6. The van der Waals surface area contributed by atoms with Gasteiger partial charge in [-0.25, -0.2) is 4.79 Å². The van der Waals surface area contributed by atoms with Crippen LogP contribution in [0.5, 0.6) is 5.75 Å². The molecule has 2 aliphatic rings. The molecule has 0 saturated heterocycles. The number of amides is 1. The highest BCUT2D eigenvalue weighted by atomic mass is 19.4. The standard InChI is InChI=1S/C27H30F3NO4/c1-26(2,3)35-25(33)31-19-8-5-18(13-19)23-14-22(24-12-16(15-32)4-11-21(23)24)17-6-9-20(10-7-17)34-27(28,29)30/h4,6-7,9-12,14,18-19,22,32H,5,8,13,15H2,1-3H3,(H,31,33). The lowest BCUT2D eigenvalue weighted by Crippen LogP contribution is -2.37. The zero-order chi connectivity index (χ0) is 25.4. The molecule has 35 heavy (non-hydrogen) atoms. The van der Waals surface area contributed by atoms with Gasteiger partial charge in [0.1, 0.15) is 11.4 Å². The Morgan fingerprint density at radius 3 is 2.43 bits per heavy atom. The average Bonchev–Trinajstić information content (AvgIpc) is 3.35. The summed E-state index contributed by atoms with van der Waals surface area (Å²) in [6.07, 6.45) is -0.492. The first-order chi connectivity index (χ1) is 16.4. The molecule has 8 heteroatoms. The molecule has 5 nitrogen and oxygen atoms in total. The van der Waals surface area contributed by atoms with Crippen molar-refractivity contribution in [3.8, 4) is 5.75 Å². The molecule has 0 aromatic heterocycles. The highest BCUT2D eigenvalue weighted by Crippen LogP contribution is 2.47. The number of alkyl halides is 3. The molecule has 1 amide bonds. The highest BCUT2D eigenvalue weighted by Gasteiger charge is 2.35. The summed E-state index contributed by atoms with van der Waals surface area (Å²) in [5.74, 6) is -0.185. The third kappa shape index (κ3) is 6.17. The molecule has 4 rings (SSSR count). The molecule has 2 N–H and O–H groups in total. The molecule has 1 fully saturated rings. The van der Waals surface area contributed by atoms with Crippen LogP contribution >= 0.6 is 0 Å². The van der Waals surface area contributed by atoms with Gasteiger partial charge in [-0.3, -0.25) is 0 Å². The molecule has 0 bridgehead atoms. The van der Waals surface area contributed by atoms with E-state index >= 15 is 0 Å². The van der Waals surface area contributed by atoms with Crippen molar-refractivity contribution in [1.82, 2.24) is 5.32 Å². The number of hydrogen-bond donors (Lipinski definition) is 2. The number of aliphatic hydroxyl groups is 1. The van der Waals surface area contributed by atoms with E-state index in [4.69, 9.17) is 4.74 Å². The lowest BCUT2D eigenvalue weighted by molar-refractivity contribution is -0.274. The fraction of sp³-hybridized carbons (Fsp3) is 0.444. The van der Waals surface area contributed by atoms with Gasteiger partial charge in [-0.1, -0.05) is 36.4 Å². The first-order valence-electron chi connectivity index (χ1n) is 11.7. The summed E-state index contributed by atoms with van der Waals surface area (Å²) in [4.78, 5) is 12.2. The van der Waals surface area contributed by atoms with Gasteiger partial charge >= 0.3 is 12.5 Å². The minimum Gasteiger partial charge on any atom is -0.444 e. The maximum absolute atomic E-state index is 12.5. The van der Waals surface area contributed by atoms with Gasteiger partial charge in [-0.2, -0.15) is 0 Å². The number of rotatable bonds is 5. The molecule has 2 aliphatic carbocycles. The first kappa shape index (κ1) is 25.1. The second-order valence-electron chi connectivity index (χ2n) is 10.1. The number of fused-ring (bicyclic) bond motifs is 1. The van der Waals surface area contributed by atoms with Crippen LogP contribution in [-0.4, -0.2) is 29.2 Å². The van der Waals surface area contributed by atoms with Gasteiger partial charge in [-0.05, 0) is 85.9 Å². The maximum atomic E-state index is 12.5. The monoisotopic (exact) mass is 489 g/mol. The van der Waals surface area contributed by atoms with Crippen LogP contribution in [-0.2, 0) is 11.3 Å². The number of carbonyl (C=O) groups excluding carboxylic acids is 1. The summed E-state index contributed by atoms with van der Waals surface area (Å²) in [6.45, 7) is 5.38. The number of hydrogen-bond acceptors (Lipinski definition) is 4. The Morgan fingerprint density at radius 2 is 1.80 bits per heavy atom. The average molecular weight is 490 g/mol.